The maximum atomic E-state index is 14.6. The molecular weight excluding hydrogens is 474 g/mol. The van der Waals surface area contributed by atoms with E-state index < -0.39 is 41.4 Å². The first kappa shape index (κ1) is 25.9. The van der Waals surface area contributed by atoms with Gasteiger partial charge in [0.15, 0.2) is 11.6 Å². The van der Waals surface area contributed by atoms with E-state index in [2.05, 4.69) is 27.2 Å². The summed E-state index contributed by atoms with van der Waals surface area (Å²) in [6, 6.07) is 4.40. The molecule has 0 aliphatic heterocycles. The minimum atomic E-state index is -1.36. The Bertz CT molecular complexity index is 1380. The first-order valence-electron chi connectivity index (χ1n) is 10.6. The van der Waals surface area contributed by atoms with Crippen molar-refractivity contribution in [1.29, 1.82) is 0 Å². The number of hydrogen-bond donors (Lipinski definition) is 2. The Balaban J connectivity index is 1.82. The number of hydrogen-bond acceptors (Lipinski definition) is 6. The minimum Gasteiger partial charge on any atom is -0.477 e. The normalized spacial score (nSPS) is 11.8. The van der Waals surface area contributed by atoms with Gasteiger partial charge in [0.25, 0.3) is 0 Å². The van der Waals surface area contributed by atoms with E-state index in [9.17, 15) is 23.5 Å². The third kappa shape index (κ3) is 6.04. The van der Waals surface area contributed by atoms with Crippen LogP contribution in [0.15, 0.2) is 48.3 Å². The van der Waals surface area contributed by atoms with Crippen LogP contribution in [0.5, 0.6) is 11.6 Å². The number of nitrogens with one attached hydrogen (secondary N) is 1. The molecule has 1 unspecified atom stereocenters. The van der Waals surface area contributed by atoms with Gasteiger partial charge in [0.2, 0.25) is 11.6 Å². The quantitative estimate of drug-likeness (QED) is 0.369. The second-order valence-corrected chi connectivity index (χ2v) is 7.52. The van der Waals surface area contributed by atoms with Crippen molar-refractivity contribution in [2.75, 3.05) is 5.32 Å². The zero-order chi connectivity index (χ0) is 26.4. The third-order valence-electron chi connectivity index (χ3n) is 5.08. The number of aromatic carboxylic acids is 1. The van der Waals surface area contributed by atoms with Crippen LogP contribution < -0.4 is 10.1 Å². The highest BCUT2D eigenvalue weighted by Crippen LogP contribution is 2.29. The highest BCUT2D eigenvalue weighted by atomic mass is 19.1. The zero-order valence-electron chi connectivity index (χ0n) is 19.8. The number of ether oxygens (including phenoxy) is 2. The highest BCUT2D eigenvalue weighted by Gasteiger charge is 2.19. The first-order chi connectivity index (χ1) is 17.1. The lowest BCUT2D eigenvalue weighted by molar-refractivity contribution is 0.0693. The number of amides is 1. The van der Waals surface area contributed by atoms with Gasteiger partial charge in [0.1, 0.15) is 17.5 Å². The fourth-order valence-electron chi connectivity index (χ4n) is 2.89. The number of allylic oxidation sites excluding steroid dienone is 1. The lowest BCUT2D eigenvalue weighted by Crippen LogP contribution is -2.22. The van der Waals surface area contributed by atoms with Crippen LogP contribution in [0.1, 0.15) is 42.3 Å². The van der Waals surface area contributed by atoms with Crippen LogP contribution >= 0.6 is 0 Å². The number of benzene rings is 1. The standard InChI is InChI=1S/C25H22F2N4O5/c1-5-14(2)15(3)35-25(34)30-22-17(13-29-31(22)4)9-8-16-11-19(26)21(20(27)12-16)36-23-18(24(32)33)7-6-10-28-23/h5-7,10-13,15H,1-4H3,(H,30,34)(H,32,33). The number of carbonyl (C=O) groups excluding carboxylic acids is 1. The van der Waals surface area contributed by atoms with E-state index in [1.807, 2.05) is 19.9 Å². The van der Waals surface area contributed by atoms with E-state index >= 15 is 0 Å². The van der Waals surface area contributed by atoms with Crippen molar-refractivity contribution in [1.82, 2.24) is 14.8 Å². The molecule has 3 rings (SSSR count). The first-order valence-corrected chi connectivity index (χ1v) is 10.6. The molecule has 9 nitrogen and oxygen atoms in total. The number of aryl methyl sites for hydroxylation is 1. The monoisotopic (exact) mass is 496 g/mol. The van der Waals surface area contributed by atoms with Crippen molar-refractivity contribution < 1.29 is 33.0 Å². The molecule has 36 heavy (non-hydrogen) atoms. The molecule has 0 saturated carbocycles. The fraction of sp³-hybridized carbons (Fsp3) is 0.200. The number of carboxylic acids is 1. The van der Waals surface area contributed by atoms with Crippen molar-refractivity contribution in [3.05, 3.63) is 76.6 Å². The van der Waals surface area contributed by atoms with Gasteiger partial charge in [-0.2, -0.15) is 5.10 Å². The van der Waals surface area contributed by atoms with Gasteiger partial charge in [0.05, 0.1) is 11.8 Å². The molecule has 2 aromatic heterocycles. The maximum Gasteiger partial charge on any atom is 0.413 e. The average molecular weight is 496 g/mol. The molecule has 1 atom stereocenters. The van der Waals surface area contributed by atoms with E-state index in [1.54, 1.807) is 14.0 Å². The van der Waals surface area contributed by atoms with Gasteiger partial charge in [-0.15, -0.1) is 0 Å². The van der Waals surface area contributed by atoms with Crippen LogP contribution in [0.2, 0.25) is 0 Å². The van der Waals surface area contributed by atoms with Crippen molar-refractivity contribution in [2.24, 2.45) is 7.05 Å². The minimum absolute atomic E-state index is 0.0356. The van der Waals surface area contributed by atoms with Gasteiger partial charge >= 0.3 is 12.1 Å². The summed E-state index contributed by atoms with van der Waals surface area (Å²) < 4.78 is 41.0. The molecule has 11 heteroatoms. The molecule has 2 heterocycles. The fourth-order valence-corrected chi connectivity index (χ4v) is 2.89. The molecule has 0 saturated heterocycles. The highest BCUT2D eigenvalue weighted by molar-refractivity contribution is 5.90. The number of pyridine rings is 1. The van der Waals surface area contributed by atoms with Crippen LogP contribution in [-0.4, -0.2) is 38.0 Å². The van der Waals surface area contributed by atoms with Gasteiger partial charge in [-0.05, 0) is 50.6 Å². The summed E-state index contributed by atoms with van der Waals surface area (Å²) in [7, 11) is 1.58. The third-order valence-corrected chi connectivity index (χ3v) is 5.08. The number of nitrogens with zero attached hydrogens (tertiary/aromatic N) is 3. The van der Waals surface area contributed by atoms with E-state index in [4.69, 9.17) is 9.47 Å². The molecule has 0 bridgehead atoms. The number of carbonyl (C=O) groups is 2. The SMILES string of the molecule is CC=C(C)C(C)OC(=O)Nc1c(C#Cc2cc(F)c(Oc3ncccc3C(=O)O)c(F)c2)cnn1C. The molecule has 1 amide bonds. The zero-order valence-corrected chi connectivity index (χ0v) is 19.8. The molecule has 2 N–H and O–H groups in total. The van der Waals surface area contributed by atoms with Crippen LogP contribution in [0.3, 0.4) is 0 Å². The molecule has 0 radical (unpaired) electrons. The van der Waals surface area contributed by atoms with E-state index in [0.29, 0.717) is 0 Å². The Labute approximate surface area is 205 Å². The number of anilines is 1. The Kier molecular flexibility index (Phi) is 8.01. The summed E-state index contributed by atoms with van der Waals surface area (Å²) in [5.41, 5.74) is 0.761. The number of aromatic nitrogens is 3. The van der Waals surface area contributed by atoms with Gasteiger partial charge in [0, 0.05) is 18.8 Å². The van der Waals surface area contributed by atoms with Crippen molar-refractivity contribution >= 4 is 17.9 Å². The summed E-state index contributed by atoms with van der Waals surface area (Å²) in [6.07, 6.45) is 3.28. The second-order valence-electron chi connectivity index (χ2n) is 7.52. The smallest absolute Gasteiger partial charge is 0.413 e. The van der Waals surface area contributed by atoms with Crippen molar-refractivity contribution in [3.8, 4) is 23.5 Å². The summed E-state index contributed by atoms with van der Waals surface area (Å²) in [5.74, 6) is 0.691. The van der Waals surface area contributed by atoms with E-state index in [0.717, 1.165) is 17.7 Å². The van der Waals surface area contributed by atoms with Crippen molar-refractivity contribution in [2.45, 2.75) is 26.9 Å². The van der Waals surface area contributed by atoms with E-state index in [1.165, 1.54) is 29.2 Å². The Morgan fingerprint density at radius 2 is 1.94 bits per heavy atom. The number of halogens is 2. The molecule has 1 aromatic carbocycles. The van der Waals surface area contributed by atoms with Crippen LogP contribution in [-0.2, 0) is 11.8 Å². The van der Waals surface area contributed by atoms with Gasteiger partial charge in [-0.1, -0.05) is 17.9 Å². The Hall–Kier alpha value is -4.72. The summed E-state index contributed by atoms with van der Waals surface area (Å²) in [6.45, 7) is 5.39. The van der Waals surface area contributed by atoms with E-state index in [-0.39, 0.29) is 22.5 Å². The lowest BCUT2D eigenvalue weighted by Gasteiger charge is -2.14. The van der Waals surface area contributed by atoms with Crippen LogP contribution in [0.4, 0.5) is 19.4 Å². The molecule has 0 aliphatic carbocycles. The maximum absolute atomic E-state index is 14.6. The van der Waals surface area contributed by atoms with Gasteiger partial charge < -0.3 is 14.6 Å². The number of rotatable bonds is 6. The Morgan fingerprint density at radius 3 is 2.58 bits per heavy atom. The lowest BCUT2D eigenvalue weighted by atomic mass is 10.2. The van der Waals surface area contributed by atoms with Crippen LogP contribution in [0, 0.1) is 23.5 Å². The molecule has 186 valence electrons. The summed E-state index contributed by atoms with van der Waals surface area (Å²) >= 11 is 0. The number of carboxylic acid groups (broad SMARTS) is 1. The molecular formula is C25H22F2N4O5. The molecule has 0 spiro atoms. The molecule has 0 fully saturated rings. The predicted molar refractivity (Wildman–Crippen MR) is 126 cm³/mol. The molecule has 0 aliphatic rings. The van der Waals surface area contributed by atoms with Gasteiger partial charge in [-0.3, -0.25) is 10.00 Å². The largest absolute Gasteiger partial charge is 0.477 e. The van der Waals surface area contributed by atoms with Crippen LogP contribution in [0.25, 0.3) is 0 Å². The Morgan fingerprint density at radius 1 is 1.25 bits per heavy atom. The summed E-state index contributed by atoms with van der Waals surface area (Å²) in [5, 5.41) is 15.8. The summed E-state index contributed by atoms with van der Waals surface area (Å²) in [4.78, 5) is 27.3. The average Bonchev–Trinajstić information content (AvgIpc) is 3.18. The second kappa shape index (κ2) is 11.1. The predicted octanol–water partition coefficient (Wildman–Crippen LogP) is 4.89. The van der Waals surface area contributed by atoms with Crippen molar-refractivity contribution in [3.63, 3.8) is 0 Å². The van der Waals surface area contributed by atoms with Gasteiger partial charge in [-0.25, -0.2) is 23.4 Å². The topological polar surface area (TPSA) is 116 Å². The molecule has 3 aromatic rings.